The highest BCUT2D eigenvalue weighted by Gasteiger charge is 2.32. The Labute approximate surface area is 240 Å². The number of nitrogens with one attached hydrogen (secondary N) is 1. The third-order valence-corrected chi connectivity index (χ3v) is 7.07. The number of pyridine rings is 1. The molecule has 1 fully saturated rings. The Morgan fingerprint density at radius 1 is 1.00 bits per heavy atom. The van der Waals surface area contributed by atoms with Gasteiger partial charge in [-0.15, -0.1) is 0 Å². The number of benzene rings is 2. The van der Waals surface area contributed by atoms with Gasteiger partial charge in [0.15, 0.2) is 0 Å². The molecule has 0 saturated carbocycles. The van der Waals surface area contributed by atoms with Crippen LogP contribution in [0.15, 0.2) is 79.0 Å². The molecule has 2 aromatic carbocycles. The Hall–Kier alpha value is -4.47. The third kappa shape index (κ3) is 7.23. The minimum Gasteiger partial charge on any atom is -0.478 e. The summed E-state index contributed by atoms with van der Waals surface area (Å²) in [5.41, 5.74) is 1.95. The number of hydrogen-bond acceptors (Lipinski definition) is 4. The number of halogens is 4. The van der Waals surface area contributed by atoms with E-state index in [1.165, 1.54) is 12.3 Å². The fourth-order valence-electron chi connectivity index (χ4n) is 4.80. The molecule has 6 nitrogen and oxygen atoms in total. The first-order valence-electron chi connectivity index (χ1n) is 13.8. The molecule has 1 amide bonds. The van der Waals surface area contributed by atoms with E-state index in [0.29, 0.717) is 40.3 Å². The van der Waals surface area contributed by atoms with Crippen molar-refractivity contribution in [2.24, 2.45) is 0 Å². The summed E-state index contributed by atoms with van der Waals surface area (Å²) in [7, 11) is 0. The Kier molecular flexibility index (Phi) is 9.00. The predicted molar refractivity (Wildman–Crippen MR) is 153 cm³/mol. The highest BCUT2D eigenvalue weighted by molar-refractivity contribution is 6.00. The normalized spacial score (nSPS) is 14.2. The number of carbonyl (C=O) groups is 1. The molecule has 3 heterocycles. The van der Waals surface area contributed by atoms with Gasteiger partial charge in [0.2, 0.25) is 17.7 Å². The van der Waals surface area contributed by atoms with Gasteiger partial charge in [-0.05, 0) is 72.2 Å². The van der Waals surface area contributed by atoms with Crippen molar-refractivity contribution in [3.63, 3.8) is 0 Å². The van der Waals surface area contributed by atoms with E-state index >= 15 is 0 Å². The second-order valence-electron chi connectivity index (χ2n) is 10.1. The second kappa shape index (κ2) is 13.0. The second-order valence-corrected chi connectivity index (χ2v) is 10.1. The first-order chi connectivity index (χ1) is 20.3. The lowest BCUT2D eigenvalue weighted by atomic mass is 9.88. The van der Waals surface area contributed by atoms with E-state index in [2.05, 4.69) is 15.2 Å². The van der Waals surface area contributed by atoms with Crippen molar-refractivity contribution in [3.8, 4) is 5.88 Å². The molecule has 0 aliphatic carbocycles. The number of nitrogens with zero attached hydrogens (tertiary/aromatic N) is 3. The van der Waals surface area contributed by atoms with Crippen LogP contribution in [-0.4, -0.2) is 51.9 Å². The zero-order valence-corrected chi connectivity index (χ0v) is 22.8. The lowest BCUT2D eigenvalue weighted by Crippen LogP contribution is -2.41. The van der Waals surface area contributed by atoms with Crippen molar-refractivity contribution in [2.45, 2.75) is 38.3 Å². The highest BCUT2D eigenvalue weighted by Crippen LogP contribution is 2.40. The molecule has 42 heavy (non-hydrogen) atoms. The summed E-state index contributed by atoms with van der Waals surface area (Å²) in [4.78, 5) is 18.0. The number of ether oxygens (including phenoxy) is 1. The van der Waals surface area contributed by atoms with Crippen LogP contribution in [0.3, 0.4) is 0 Å². The van der Waals surface area contributed by atoms with Crippen molar-refractivity contribution in [1.29, 1.82) is 0 Å². The number of H-pyrrole nitrogens is 1. The summed E-state index contributed by atoms with van der Waals surface area (Å²) < 4.78 is 61.8. The molecule has 4 aromatic rings. The zero-order valence-electron chi connectivity index (χ0n) is 22.8. The average Bonchev–Trinajstić information content (AvgIpc) is 3.31. The minimum absolute atomic E-state index is 0.0440. The molecule has 0 bridgehead atoms. The van der Waals surface area contributed by atoms with Gasteiger partial charge in [0.1, 0.15) is 0 Å². The number of rotatable bonds is 11. The fourth-order valence-corrected chi connectivity index (χ4v) is 4.80. The predicted octanol–water partition coefficient (Wildman–Crippen LogP) is 7.35. The summed E-state index contributed by atoms with van der Waals surface area (Å²) in [6, 6.07) is 16.3. The van der Waals surface area contributed by atoms with Crippen molar-refractivity contribution in [2.75, 3.05) is 19.7 Å². The zero-order chi connectivity index (χ0) is 29.5. The quantitative estimate of drug-likeness (QED) is 0.0875. The van der Waals surface area contributed by atoms with Crippen molar-refractivity contribution >= 4 is 28.0 Å². The molecule has 0 atom stereocenters. The van der Waals surface area contributed by atoms with Crippen LogP contribution in [0.5, 0.6) is 5.88 Å². The summed E-state index contributed by atoms with van der Waals surface area (Å²) in [6.07, 6.45) is 2.69. The van der Waals surface area contributed by atoms with Crippen LogP contribution in [0, 0.1) is 5.95 Å². The number of aromatic nitrogens is 3. The lowest BCUT2D eigenvalue weighted by Gasteiger charge is -2.29. The average molecular weight is 579 g/mol. The van der Waals surface area contributed by atoms with Crippen LogP contribution in [0.4, 0.5) is 17.6 Å². The van der Waals surface area contributed by atoms with Gasteiger partial charge in [0, 0.05) is 30.9 Å². The number of alkyl halides is 3. The molecule has 2 aromatic heterocycles. The maximum Gasteiger partial charge on any atom is 0.393 e. The van der Waals surface area contributed by atoms with Crippen LogP contribution in [0.1, 0.15) is 48.8 Å². The van der Waals surface area contributed by atoms with Gasteiger partial charge < -0.3 is 9.64 Å². The van der Waals surface area contributed by atoms with E-state index in [0.717, 1.165) is 38.8 Å². The number of aromatic amines is 1. The molecule has 1 saturated heterocycles. The Balaban J connectivity index is 1.36. The maximum absolute atomic E-state index is 14.4. The molecule has 1 N–H and O–H groups in total. The van der Waals surface area contributed by atoms with E-state index in [9.17, 15) is 22.4 Å². The highest BCUT2D eigenvalue weighted by atomic mass is 19.4. The van der Waals surface area contributed by atoms with Gasteiger partial charge >= 0.3 is 6.18 Å². The first-order valence-corrected chi connectivity index (χ1v) is 13.8. The van der Waals surface area contributed by atoms with E-state index in [-0.39, 0.29) is 16.9 Å². The molecular weight excluding hydrogens is 548 g/mol. The van der Waals surface area contributed by atoms with Gasteiger partial charge in [0.05, 0.1) is 23.9 Å². The number of likely N-dealkylation sites (tertiary alicyclic amines) is 1. The molecule has 0 radical (unpaired) electrons. The van der Waals surface area contributed by atoms with E-state index in [1.54, 1.807) is 65.6 Å². The van der Waals surface area contributed by atoms with Crippen LogP contribution in [0.25, 0.3) is 22.0 Å². The molecule has 5 rings (SSSR count). The Bertz CT molecular complexity index is 1570. The molecular formula is C32H30F4N4O2. The summed E-state index contributed by atoms with van der Waals surface area (Å²) in [6.45, 7) is 2.06. The van der Waals surface area contributed by atoms with E-state index in [4.69, 9.17) is 4.74 Å². The molecule has 0 spiro atoms. The van der Waals surface area contributed by atoms with Crippen LogP contribution < -0.4 is 4.74 Å². The molecule has 218 valence electrons. The summed E-state index contributed by atoms with van der Waals surface area (Å²) in [5, 5.41) is 6.35. The number of amides is 1. The van der Waals surface area contributed by atoms with E-state index in [1.807, 2.05) is 6.08 Å². The van der Waals surface area contributed by atoms with Crippen LogP contribution in [-0.2, 0) is 4.79 Å². The van der Waals surface area contributed by atoms with Crippen LogP contribution in [0.2, 0.25) is 0 Å². The van der Waals surface area contributed by atoms with Gasteiger partial charge in [-0.3, -0.25) is 9.89 Å². The smallest absolute Gasteiger partial charge is 0.393 e. The van der Waals surface area contributed by atoms with Crippen molar-refractivity contribution < 1.29 is 27.1 Å². The number of hydrogen-bond donors (Lipinski definition) is 1. The molecule has 0 unspecified atom stereocenters. The van der Waals surface area contributed by atoms with E-state index < -0.39 is 18.5 Å². The minimum atomic E-state index is -4.49. The fraction of sp³-hybridized carbons (Fsp3) is 0.281. The third-order valence-electron chi connectivity index (χ3n) is 7.07. The Morgan fingerprint density at radius 2 is 1.79 bits per heavy atom. The number of carbonyl (C=O) groups excluding carboxylic acids is 1. The largest absolute Gasteiger partial charge is 0.478 e. The summed E-state index contributed by atoms with van der Waals surface area (Å²) in [5.74, 6) is -0.269. The topological polar surface area (TPSA) is 71.1 Å². The monoisotopic (exact) mass is 578 g/mol. The van der Waals surface area contributed by atoms with Gasteiger partial charge in [-0.1, -0.05) is 42.5 Å². The van der Waals surface area contributed by atoms with Crippen LogP contribution >= 0.6 is 0 Å². The van der Waals surface area contributed by atoms with Crippen molar-refractivity contribution in [3.05, 3.63) is 102 Å². The van der Waals surface area contributed by atoms with Crippen molar-refractivity contribution in [1.82, 2.24) is 20.1 Å². The van der Waals surface area contributed by atoms with Gasteiger partial charge in [-0.2, -0.15) is 22.7 Å². The molecule has 1 aliphatic rings. The number of allylic oxidation sites excluding steroid dienone is 2. The standard InChI is InChI=1S/C32H30F4N4O2/c33-31-25-19-23(12-14-27(25)38-39-31)30(26(20-32(34,35)36)22-9-4-3-5-10-22)24-13-15-28(37-21-24)42-18-7-2-1-6-11-29(41)40-16-8-17-40/h3-6,9-15,19,21H,1-2,7-8,16-18,20H2,(H,38,39)/b11-6+,30-26-. The molecule has 10 heteroatoms. The SMILES string of the molecule is O=C(/C=C/CCCCOc1ccc(/C(=C(/CC(F)(F)F)c2ccccc2)c2ccc3n[nH]c(F)c3c2)cn1)N1CCC1. The summed E-state index contributed by atoms with van der Waals surface area (Å²) >= 11 is 0. The lowest BCUT2D eigenvalue weighted by molar-refractivity contribution is -0.129. The molecule has 1 aliphatic heterocycles. The van der Waals surface area contributed by atoms with Gasteiger partial charge in [-0.25, -0.2) is 4.98 Å². The number of unbranched alkanes of at least 4 members (excludes halogenated alkanes) is 2. The Morgan fingerprint density at radius 3 is 2.48 bits per heavy atom. The maximum atomic E-state index is 14.4. The first kappa shape index (κ1) is 29.0. The number of fused-ring (bicyclic) bond motifs is 1. The van der Waals surface area contributed by atoms with Gasteiger partial charge in [0.25, 0.3) is 0 Å².